The molecule has 0 aliphatic rings. The monoisotopic (exact) mass is 247 g/mol. The van der Waals surface area contributed by atoms with Crippen molar-refractivity contribution < 1.29 is 9.15 Å². The van der Waals surface area contributed by atoms with E-state index in [0.717, 1.165) is 31.9 Å². The summed E-state index contributed by atoms with van der Waals surface area (Å²) >= 11 is 0. The predicted octanol–water partition coefficient (Wildman–Crippen LogP) is 3.20. The Kier molecular flexibility index (Phi) is 4.79. The molecule has 0 atom stereocenters. The maximum atomic E-state index is 5.52. The third-order valence-corrected chi connectivity index (χ3v) is 2.75. The van der Waals surface area contributed by atoms with Crippen molar-refractivity contribution in [3.8, 4) is 0 Å². The van der Waals surface area contributed by atoms with Gasteiger partial charge in [-0.25, -0.2) is 0 Å². The lowest BCUT2D eigenvalue weighted by Crippen LogP contribution is -2.20. The third-order valence-electron chi connectivity index (χ3n) is 2.75. The molecular formula is C15H21NO2. The van der Waals surface area contributed by atoms with Crippen LogP contribution in [0.3, 0.4) is 0 Å². The summed E-state index contributed by atoms with van der Waals surface area (Å²) in [5.41, 5.74) is 2.15. The number of fused-ring (bicyclic) bond motifs is 1. The molecule has 0 amide bonds. The Hall–Kier alpha value is -1.32. The van der Waals surface area contributed by atoms with E-state index in [1.54, 1.807) is 0 Å². The Labute approximate surface area is 108 Å². The van der Waals surface area contributed by atoms with Crippen molar-refractivity contribution in [3.63, 3.8) is 0 Å². The lowest BCUT2D eigenvalue weighted by atomic mass is 10.2. The van der Waals surface area contributed by atoms with Crippen LogP contribution in [0.15, 0.2) is 34.9 Å². The summed E-state index contributed by atoms with van der Waals surface area (Å²) in [6.45, 7) is 7.59. The van der Waals surface area contributed by atoms with Gasteiger partial charge in [0.1, 0.15) is 5.58 Å². The van der Waals surface area contributed by atoms with Gasteiger partial charge >= 0.3 is 0 Å². The average molecular weight is 247 g/mol. The van der Waals surface area contributed by atoms with E-state index >= 15 is 0 Å². The van der Waals surface area contributed by atoms with Crippen molar-refractivity contribution in [2.24, 2.45) is 5.92 Å². The van der Waals surface area contributed by atoms with Crippen LogP contribution in [0.4, 0.5) is 0 Å². The van der Waals surface area contributed by atoms with Crippen molar-refractivity contribution >= 4 is 11.0 Å². The first-order valence-corrected chi connectivity index (χ1v) is 6.51. The molecule has 2 aromatic rings. The Bertz CT molecular complexity index is 476. The summed E-state index contributed by atoms with van der Waals surface area (Å²) in [6, 6.07) is 8.10. The van der Waals surface area contributed by atoms with Crippen LogP contribution in [-0.2, 0) is 11.3 Å². The zero-order valence-electron chi connectivity index (χ0n) is 11.1. The van der Waals surface area contributed by atoms with E-state index in [1.165, 1.54) is 10.9 Å². The topological polar surface area (TPSA) is 34.4 Å². The number of hydrogen-bond donors (Lipinski definition) is 1. The molecule has 0 unspecified atom stereocenters. The number of benzene rings is 1. The van der Waals surface area contributed by atoms with Crippen LogP contribution >= 0.6 is 0 Å². The van der Waals surface area contributed by atoms with Crippen LogP contribution in [0.25, 0.3) is 11.0 Å². The lowest BCUT2D eigenvalue weighted by Gasteiger charge is -2.07. The van der Waals surface area contributed by atoms with Crippen LogP contribution < -0.4 is 5.32 Å². The van der Waals surface area contributed by atoms with Gasteiger partial charge in [-0.1, -0.05) is 32.0 Å². The smallest absolute Gasteiger partial charge is 0.134 e. The van der Waals surface area contributed by atoms with Crippen LogP contribution in [0.1, 0.15) is 19.4 Å². The summed E-state index contributed by atoms with van der Waals surface area (Å²) in [5, 5.41) is 4.56. The highest BCUT2D eigenvalue weighted by Gasteiger charge is 2.03. The molecule has 0 radical (unpaired) electrons. The molecular weight excluding hydrogens is 226 g/mol. The first-order chi connectivity index (χ1) is 8.77. The number of para-hydroxylation sites is 1. The summed E-state index contributed by atoms with van der Waals surface area (Å²) in [7, 11) is 0. The molecule has 1 heterocycles. The summed E-state index contributed by atoms with van der Waals surface area (Å²) in [6.07, 6.45) is 1.83. The number of ether oxygens (including phenoxy) is 1. The van der Waals surface area contributed by atoms with Crippen molar-refractivity contribution in [3.05, 3.63) is 36.1 Å². The maximum Gasteiger partial charge on any atom is 0.134 e. The number of rotatable bonds is 7. The molecule has 1 aromatic heterocycles. The van der Waals surface area contributed by atoms with Gasteiger partial charge in [0.15, 0.2) is 0 Å². The fraction of sp³-hybridized carbons (Fsp3) is 0.467. The zero-order valence-corrected chi connectivity index (χ0v) is 11.1. The SMILES string of the molecule is CC(C)COCCNCc1coc2ccccc12. The fourth-order valence-corrected chi connectivity index (χ4v) is 1.86. The van der Waals surface area contributed by atoms with Crippen LogP contribution in [0.2, 0.25) is 0 Å². The molecule has 0 spiro atoms. The second-order valence-corrected chi connectivity index (χ2v) is 4.90. The average Bonchev–Trinajstić information content (AvgIpc) is 2.77. The molecule has 2 rings (SSSR count). The van der Waals surface area contributed by atoms with Crippen molar-refractivity contribution in [2.45, 2.75) is 20.4 Å². The molecule has 3 heteroatoms. The largest absolute Gasteiger partial charge is 0.464 e. The van der Waals surface area contributed by atoms with E-state index in [-0.39, 0.29) is 0 Å². The van der Waals surface area contributed by atoms with E-state index in [0.29, 0.717) is 5.92 Å². The molecule has 3 nitrogen and oxygen atoms in total. The summed E-state index contributed by atoms with van der Waals surface area (Å²) in [4.78, 5) is 0. The van der Waals surface area contributed by atoms with E-state index < -0.39 is 0 Å². The zero-order chi connectivity index (χ0) is 12.8. The molecule has 0 saturated carbocycles. The Morgan fingerprint density at radius 3 is 2.94 bits per heavy atom. The van der Waals surface area contributed by atoms with Gasteiger partial charge in [-0.05, 0) is 12.0 Å². The highest BCUT2D eigenvalue weighted by Crippen LogP contribution is 2.20. The first-order valence-electron chi connectivity index (χ1n) is 6.51. The second kappa shape index (κ2) is 6.57. The van der Waals surface area contributed by atoms with E-state index in [4.69, 9.17) is 9.15 Å². The highest BCUT2D eigenvalue weighted by molar-refractivity contribution is 5.80. The minimum absolute atomic E-state index is 0.600. The fourth-order valence-electron chi connectivity index (χ4n) is 1.86. The van der Waals surface area contributed by atoms with Crippen LogP contribution in [-0.4, -0.2) is 19.8 Å². The van der Waals surface area contributed by atoms with Crippen molar-refractivity contribution in [1.82, 2.24) is 5.32 Å². The van der Waals surface area contributed by atoms with Gasteiger partial charge in [0.25, 0.3) is 0 Å². The molecule has 0 aliphatic heterocycles. The van der Waals surface area contributed by atoms with Crippen LogP contribution in [0, 0.1) is 5.92 Å². The third kappa shape index (κ3) is 3.59. The maximum absolute atomic E-state index is 5.52. The molecule has 18 heavy (non-hydrogen) atoms. The Morgan fingerprint density at radius 2 is 2.11 bits per heavy atom. The van der Waals surface area contributed by atoms with E-state index in [1.807, 2.05) is 24.5 Å². The molecule has 1 aromatic carbocycles. The highest BCUT2D eigenvalue weighted by atomic mass is 16.5. The van der Waals surface area contributed by atoms with Gasteiger partial charge in [0, 0.05) is 30.6 Å². The molecule has 0 fully saturated rings. The Morgan fingerprint density at radius 1 is 1.28 bits per heavy atom. The van der Waals surface area contributed by atoms with Crippen molar-refractivity contribution in [1.29, 1.82) is 0 Å². The number of hydrogen-bond acceptors (Lipinski definition) is 3. The number of furan rings is 1. The van der Waals surface area contributed by atoms with Gasteiger partial charge in [-0.15, -0.1) is 0 Å². The quantitative estimate of drug-likeness (QED) is 0.763. The lowest BCUT2D eigenvalue weighted by molar-refractivity contribution is 0.111. The second-order valence-electron chi connectivity index (χ2n) is 4.90. The number of nitrogens with one attached hydrogen (secondary N) is 1. The van der Waals surface area contributed by atoms with Gasteiger partial charge < -0.3 is 14.5 Å². The molecule has 0 saturated heterocycles. The van der Waals surface area contributed by atoms with Crippen LogP contribution in [0.5, 0.6) is 0 Å². The Balaban J connectivity index is 1.74. The first kappa shape index (κ1) is 13.1. The minimum atomic E-state index is 0.600. The molecule has 98 valence electrons. The summed E-state index contributed by atoms with van der Waals surface area (Å²) < 4.78 is 11.0. The van der Waals surface area contributed by atoms with Gasteiger partial charge in [0.05, 0.1) is 12.9 Å². The van der Waals surface area contributed by atoms with Gasteiger partial charge in [-0.2, -0.15) is 0 Å². The standard InChI is InChI=1S/C15H21NO2/c1-12(2)10-17-8-7-16-9-13-11-18-15-6-4-3-5-14(13)15/h3-6,11-12,16H,7-10H2,1-2H3. The predicted molar refractivity (Wildman–Crippen MR) is 73.6 cm³/mol. The van der Waals surface area contributed by atoms with Gasteiger partial charge in [-0.3, -0.25) is 0 Å². The van der Waals surface area contributed by atoms with E-state index in [2.05, 4.69) is 25.2 Å². The summed E-state index contributed by atoms with van der Waals surface area (Å²) in [5.74, 6) is 0.600. The molecule has 0 aliphatic carbocycles. The molecule has 1 N–H and O–H groups in total. The minimum Gasteiger partial charge on any atom is -0.464 e. The van der Waals surface area contributed by atoms with E-state index in [9.17, 15) is 0 Å². The normalized spacial score (nSPS) is 11.5. The molecule has 0 bridgehead atoms. The van der Waals surface area contributed by atoms with Crippen molar-refractivity contribution in [2.75, 3.05) is 19.8 Å². The van der Waals surface area contributed by atoms with Gasteiger partial charge in [0.2, 0.25) is 0 Å².